The molecule has 4 N–H and O–H groups in total. The zero-order valence-corrected chi connectivity index (χ0v) is 21.8. The summed E-state index contributed by atoms with van der Waals surface area (Å²) in [5.41, 5.74) is 1.40. The fourth-order valence-electron chi connectivity index (χ4n) is 2.81. The Balaban J connectivity index is 0.000000314. The highest BCUT2D eigenvalue weighted by molar-refractivity contribution is 7.99. The second-order valence-electron chi connectivity index (χ2n) is 8.38. The van der Waals surface area contributed by atoms with Crippen LogP contribution in [-0.4, -0.2) is 71.4 Å². The predicted molar refractivity (Wildman–Crippen MR) is 137 cm³/mol. The number of nitrogens with one attached hydrogen (secondary N) is 1. The van der Waals surface area contributed by atoms with Crippen molar-refractivity contribution >= 4 is 28.7 Å². The van der Waals surface area contributed by atoms with Gasteiger partial charge >= 0.3 is 0 Å². The molecule has 0 bridgehead atoms. The van der Waals surface area contributed by atoms with E-state index in [2.05, 4.69) is 39.4 Å². The summed E-state index contributed by atoms with van der Waals surface area (Å²) in [6, 6.07) is 5.53. The molecule has 1 aliphatic rings. The molecule has 36 heavy (non-hydrogen) atoms. The SMILES string of the molecule is CCCSc1nc(NC2CC2)c2nnn(C[C@H](O)C(C)CC)c2n1.Fc1ccccc1F.OCCO. The summed E-state index contributed by atoms with van der Waals surface area (Å²) < 4.78 is 25.6. The zero-order valence-electron chi connectivity index (χ0n) is 20.9. The third kappa shape index (κ3) is 9.57. The standard InChI is InChI=1S/C16H26N6OS.C6H4F2.C2H6O2/c1-4-8-24-16-18-14(17-11-6-7-11)13-15(19-16)22(21-20-13)9-12(23)10(3)5-2;7-5-3-1-2-4-6(5)8;3-1-2-4/h10-12,23H,4-9H2,1-3H3,(H,17,18,19);1-4H;3-4H,1-2H2/t10?,12-;;/m0../s1. The van der Waals surface area contributed by atoms with Crippen molar-refractivity contribution in [2.45, 2.75) is 70.3 Å². The van der Waals surface area contributed by atoms with Crippen LogP contribution in [-0.2, 0) is 6.54 Å². The average Bonchev–Trinajstić information content (AvgIpc) is 3.62. The van der Waals surface area contributed by atoms with Gasteiger partial charge in [0.05, 0.1) is 25.9 Å². The third-order valence-electron chi connectivity index (χ3n) is 5.28. The molecule has 3 aromatic rings. The maximum absolute atomic E-state index is 11.9. The Morgan fingerprint density at radius 3 is 2.25 bits per heavy atom. The van der Waals surface area contributed by atoms with Crippen LogP contribution in [0.2, 0.25) is 0 Å². The zero-order chi connectivity index (χ0) is 26.5. The molecule has 0 amide bonds. The Hall–Kier alpha value is -2.41. The molecule has 4 rings (SSSR count). The molecule has 0 radical (unpaired) electrons. The molecule has 2 heterocycles. The minimum Gasteiger partial charge on any atom is -0.394 e. The number of aliphatic hydroxyl groups is 3. The number of aliphatic hydroxyl groups excluding tert-OH is 3. The highest BCUT2D eigenvalue weighted by Gasteiger charge is 2.25. The van der Waals surface area contributed by atoms with Crippen molar-refractivity contribution in [1.82, 2.24) is 25.0 Å². The van der Waals surface area contributed by atoms with Crippen LogP contribution >= 0.6 is 11.8 Å². The van der Waals surface area contributed by atoms with Crippen LogP contribution in [0.4, 0.5) is 14.6 Å². The minimum atomic E-state index is -0.799. The third-order valence-corrected chi connectivity index (χ3v) is 6.33. The first-order valence-electron chi connectivity index (χ1n) is 12.1. The van der Waals surface area contributed by atoms with Crippen LogP contribution in [0.15, 0.2) is 29.4 Å². The fraction of sp³-hybridized carbons (Fsp3) is 0.583. The van der Waals surface area contributed by atoms with Crippen molar-refractivity contribution < 1.29 is 24.1 Å². The summed E-state index contributed by atoms with van der Waals surface area (Å²) in [6.07, 6.45) is 3.88. The quantitative estimate of drug-likeness (QED) is 0.231. The molecule has 1 fully saturated rings. The number of hydrogen-bond acceptors (Lipinski definition) is 9. The predicted octanol–water partition coefficient (Wildman–Crippen LogP) is 3.64. The van der Waals surface area contributed by atoms with Gasteiger partial charge < -0.3 is 20.6 Å². The van der Waals surface area contributed by atoms with E-state index in [9.17, 15) is 13.9 Å². The van der Waals surface area contributed by atoms with E-state index in [-0.39, 0.29) is 19.1 Å². The molecule has 12 heteroatoms. The molecule has 2 aromatic heterocycles. The van der Waals surface area contributed by atoms with Crippen LogP contribution in [0.3, 0.4) is 0 Å². The Morgan fingerprint density at radius 1 is 1.11 bits per heavy atom. The molecule has 2 atom stereocenters. The number of fused-ring (bicyclic) bond motifs is 1. The average molecular weight is 527 g/mol. The molecule has 200 valence electrons. The second kappa shape index (κ2) is 15.6. The van der Waals surface area contributed by atoms with Gasteiger partial charge in [0.1, 0.15) is 0 Å². The summed E-state index contributed by atoms with van der Waals surface area (Å²) in [5.74, 6) is 0.361. The Labute approximate surface area is 214 Å². The molecule has 9 nitrogen and oxygen atoms in total. The van der Waals surface area contributed by atoms with Gasteiger partial charge in [-0.3, -0.25) is 0 Å². The van der Waals surface area contributed by atoms with Crippen LogP contribution in [0.5, 0.6) is 0 Å². The lowest BCUT2D eigenvalue weighted by Gasteiger charge is -2.16. The van der Waals surface area contributed by atoms with E-state index in [1.54, 1.807) is 16.4 Å². The van der Waals surface area contributed by atoms with Gasteiger partial charge in [-0.1, -0.05) is 56.3 Å². The summed E-state index contributed by atoms with van der Waals surface area (Å²) in [6.45, 7) is 6.42. The van der Waals surface area contributed by atoms with E-state index in [1.165, 1.54) is 25.0 Å². The maximum Gasteiger partial charge on any atom is 0.191 e. The van der Waals surface area contributed by atoms with Crippen LogP contribution in [0.25, 0.3) is 11.2 Å². The fourth-order valence-corrected chi connectivity index (χ4v) is 3.50. The number of aromatic nitrogens is 5. The molecule has 1 saturated carbocycles. The molecule has 0 aliphatic heterocycles. The Bertz CT molecular complexity index is 1030. The summed E-state index contributed by atoms with van der Waals surface area (Å²) in [4.78, 5) is 9.26. The smallest absolute Gasteiger partial charge is 0.191 e. The van der Waals surface area contributed by atoms with E-state index in [1.807, 2.05) is 6.92 Å². The Kier molecular flexibility index (Phi) is 13.0. The lowest BCUT2D eigenvalue weighted by Crippen LogP contribution is -2.24. The van der Waals surface area contributed by atoms with Gasteiger partial charge in [-0.15, -0.1) is 5.10 Å². The van der Waals surface area contributed by atoms with E-state index in [0.29, 0.717) is 23.8 Å². The first-order valence-corrected chi connectivity index (χ1v) is 13.1. The molecule has 1 aliphatic carbocycles. The minimum absolute atomic E-state index is 0.125. The van der Waals surface area contributed by atoms with Crippen molar-refractivity contribution in [2.75, 3.05) is 24.3 Å². The summed E-state index contributed by atoms with van der Waals surface area (Å²) >= 11 is 1.65. The number of thioether (sulfide) groups is 1. The molecule has 1 aromatic carbocycles. The van der Waals surface area contributed by atoms with Crippen LogP contribution in [0.1, 0.15) is 46.5 Å². The second-order valence-corrected chi connectivity index (χ2v) is 9.44. The van der Waals surface area contributed by atoms with Crippen LogP contribution in [0, 0.1) is 17.6 Å². The largest absolute Gasteiger partial charge is 0.394 e. The monoisotopic (exact) mass is 526 g/mol. The van der Waals surface area contributed by atoms with Gasteiger partial charge in [-0.2, -0.15) is 0 Å². The van der Waals surface area contributed by atoms with Gasteiger partial charge in [0.25, 0.3) is 0 Å². The molecule has 0 saturated heterocycles. The van der Waals surface area contributed by atoms with Gasteiger partial charge in [0.15, 0.2) is 33.8 Å². The molecular formula is C24H36F2N6O3S. The van der Waals surface area contributed by atoms with Gasteiger partial charge in [0.2, 0.25) is 0 Å². The van der Waals surface area contributed by atoms with Gasteiger partial charge in [-0.05, 0) is 37.3 Å². The number of rotatable bonds is 10. The van der Waals surface area contributed by atoms with Crippen molar-refractivity contribution in [3.63, 3.8) is 0 Å². The van der Waals surface area contributed by atoms with Crippen molar-refractivity contribution in [3.8, 4) is 0 Å². The van der Waals surface area contributed by atoms with E-state index < -0.39 is 17.7 Å². The van der Waals surface area contributed by atoms with E-state index >= 15 is 0 Å². The van der Waals surface area contributed by atoms with Crippen molar-refractivity contribution in [1.29, 1.82) is 0 Å². The van der Waals surface area contributed by atoms with Gasteiger partial charge in [0, 0.05) is 11.8 Å². The molecule has 1 unspecified atom stereocenters. The number of halogens is 2. The number of benzene rings is 1. The molecular weight excluding hydrogens is 490 g/mol. The summed E-state index contributed by atoms with van der Waals surface area (Å²) in [5, 5.41) is 38.2. The highest BCUT2D eigenvalue weighted by atomic mass is 32.2. The maximum atomic E-state index is 11.9. The number of anilines is 1. The van der Waals surface area contributed by atoms with Crippen LogP contribution < -0.4 is 5.32 Å². The highest BCUT2D eigenvalue weighted by Crippen LogP contribution is 2.29. The summed E-state index contributed by atoms with van der Waals surface area (Å²) in [7, 11) is 0. The first-order chi connectivity index (χ1) is 17.3. The van der Waals surface area contributed by atoms with E-state index in [4.69, 9.17) is 10.2 Å². The normalized spacial score (nSPS) is 14.3. The van der Waals surface area contributed by atoms with Crippen molar-refractivity contribution in [2.24, 2.45) is 5.92 Å². The first kappa shape index (κ1) is 29.8. The number of nitrogens with zero attached hydrogens (tertiary/aromatic N) is 5. The van der Waals surface area contributed by atoms with Crippen molar-refractivity contribution in [3.05, 3.63) is 35.9 Å². The molecule has 0 spiro atoms. The van der Waals surface area contributed by atoms with Gasteiger partial charge in [-0.25, -0.2) is 23.4 Å². The lowest BCUT2D eigenvalue weighted by molar-refractivity contribution is 0.0934. The topological polar surface area (TPSA) is 129 Å². The number of hydrogen-bond donors (Lipinski definition) is 4. The van der Waals surface area contributed by atoms with E-state index in [0.717, 1.165) is 41.7 Å². The lowest BCUT2D eigenvalue weighted by atomic mass is 10.0. The Morgan fingerprint density at radius 2 is 1.75 bits per heavy atom.